The molecule has 108 valence electrons. The number of amides is 2. The number of anilines is 1. The number of rotatable bonds is 4. The molecule has 0 fully saturated rings. The summed E-state index contributed by atoms with van der Waals surface area (Å²) in [4.78, 5) is 22.2. The van der Waals surface area contributed by atoms with Crippen molar-refractivity contribution >= 4 is 17.5 Å². The maximum atomic E-state index is 12.8. The summed E-state index contributed by atoms with van der Waals surface area (Å²) in [5.41, 5.74) is 10.5. The van der Waals surface area contributed by atoms with Crippen molar-refractivity contribution in [3.05, 3.63) is 18.2 Å². The van der Waals surface area contributed by atoms with Crippen LogP contribution >= 0.6 is 0 Å². The number of ether oxygens (including phenoxy) is 2. The van der Waals surface area contributed by atoms with Gasteiger partial charge in [-0.25, -0.2) is 0 Å². The highest BCUT2D eigenvalue weighted by Crippen LogP contribution is 2.42. The number of carbonyl (C=O) groups is 2. The molecule has 1 aromatic rings. The number of nitrogens with two attached hydrogens (primary N) is 2. The van der Waals surface area contributed by atoms with E-state index in [1.165, 1.54) is 12.1 Å². The van der Waals surface area contributed by atoms with Gasteiger partial charge in [-0.2, -0.15) is 0 Å². The van der Waals surface area contributed by atoms with Gasteiger partial charge in [-0.05, 0) is 12.1 Å². The van der Waals surface area contributed by atoms with Crippen molar-refractivity contribution in [2.45, 2.75) is 18.8 Å². The summed E-state index contributed by atoms with van der Waals surface area (Å²) in [6.07, 6.45) is -4.05. The van der Waals surface area contributed by atoms with E-state index in [4.69, 9.17) is 11.5 Å². The fourth-order valence-corrected chi connectivity index (χ4v) is 1.57. The molecule has 20 heavy (non-hydrogen) atoms. The predicted octanol–water partition coefficient (Wildman–Crippen LogP) is 0.149. The van der Waals surface area contributed by atoms with Gasteiger partial charge in [-0.1, -0.05) is 0 Å². The van der Waals surface area contributed by atoms with Crippen LogP contribution < -0.4 is 26.3 Å². The Morgan fingerprint density at radius 3 is 2.60 bits per heavy atom. The molecule has 0 saturated carbocycles. The van der Waals surface area contributed by atoms with Crippen molar-refractivity contribution in [3.63, 3.8) is 0 Å². The van der Waals surface area contributed by atoms with Crippen LogP contribution in [0.15, 0.2) is 18.2 Å². The number of benzene rings is 1. The number of halogens is 2. The molecule has 2 amide bonds. The molecule has 0 radical (unpaired) electrons. The topological polar surface area (TPSA) is 117 Å². The number of fused-ring (bicyclic) bond motifs is 1. The predicted molar refractivity (Wildman–Crippen MR) is 63.1 cm³/mol. The molecule has 1 unspecified atom stereocenters. The maximum absolute atomic E-state index is 12.8. The van der Waals surface area contributed by atoms with Crippen LogP contribution in [0.25, 0.3) is 0 Å². The first-order chi connectivity index (χ1) is 9.27. The van der Waals surface area contributed by atoms with Gasteiger partial charge in [0, 0.05) is 11.8 Å². The molecule has 0 aromatic heterocycles. The van der Waals surface area contributed by atoms with Crippen molar-refractivity contribution in [1.82, 2.24) is 0 Å². The molecule has 0 bridgehead atoms. The third-order valence-corrected chi connectivity index (χ3v) is 2.43. The molecule has 9 heteroatoms. The molecule has 0 spiro atoms. The number of alkyl halides is 2. The Morgan fingerprint density at radius 1 is 1.30 bits per heavy atom. The highest BCUT2D eigenvalue weighted by Gasteiger charge is 2.43. The van der Waals surface area contributed by atoms with Gasteiger partial charge in [0.2, 0.25) is 11.8 Å². The molecular weight excluding hydrogens is 276 g/mol. The van der Waals surface area contributed by atoms with Crippen LogP contribution in [0.3, 0.4) is 0 Å². The monoisotopic (exact) mass is 287 g/mol. The number of carbonyl (C=O) groups excluding carboxylic acids is 2. The van der Waals surface area contributed by atoms with Crippen molar-refractivity contribution in [1.29, 1.82) is 0 Å². The van der Waals surface area contributed by atoms with Crippen LogP contribution in [0.5, 0.6) is 11.5 Å². The summed E-state index contributed by atoms with van der Waals surface area (Å²) in [6, 6.07) is 2.58. The van der Waals surface area contributed by atoms with E-state index in [9.17, 15) is 18.4 Å². The first-order valence-corrected chi connectivity index (χ1v) is 5.51. The normalized spacial score (nSPS) is 16.6. The Kier molecular flexibility index (Phi) is 3.45. The lowest BCUT2D eigenvalue weighted by molar-refractivity contribution is -0.286. The molecule has 2 rings (SSSR count). The average Bonchev–Trinajstić information content (AvgIpc) is 2.61. The first-order valence-electron chi connectivity index (χ1n) is 5.51. The second kappa shape index (κ2) is 4.93. The van der Waals surface area contributed by atoms with Crippen LogP contribution in [0.1, 0.15) is 6.42 Å². The SMILES string of the molecule is NC(=O)CC(N)C(=O)Nc1ccc2c(c1)OC(F)(F)O2. The molecule has 1 aliphatic rings. The minimum absolute atomic E-state index is 0.144. The second-order valence-corrected chi connectivity index (χ2v) is 4.10. The lowest BCUT2D eigenvalue weighted by Crippen LogP contribution is -2.38. The zero-order valence-electron chi connectivity index (χ0n) is 10.1. The van der Waals surface area contributed by atoms with E-state index in [0.29, 0.717) is 0 Å². The van der Waals surface area contributed by atoms with Gasteiger partial charge < -0.3 is 26.3 Å². The van der Waals surface area contributed by atoms with E-state index in [2.05, 4.69) is 14.8 Å². The average molecular weight is 287 g/mol. The number of nitrogens with one attached hydrogen (secondary N) is 1. The van der Waals surface area contributed by atoms with Gasteiger partial charge >= 0.3 is 6.29 Å². The number of hydrogen-bond donors (Lipinski definition) is 3. The molecule has 0 saturated heterocycles. The van der Waals surface area contributed by atoms with E-state index in [0.717, 1.165) is 6.07 Å². The zero-order chi connectivity index (χ0) is 14.9. The summed E-state index contributed by atoms with van der Waals surface area (Å²) < 4.78 is 34.0. The minimum Gasteiger partial charge on any atom is -0.395 e. The Balaban J connectivity index is 2.05. The smallest absolute Gasteiger partial charge is 0.395 e. The number of primary amides is 1. The van der Waals surface area contributed by atoms with Crippen molar-refractivity contribution < 1.29 is 27.8 Å². The van der Waals surface area contributed by atoms with E-state index in [-0.39, 0.29) is 23.6 Å². The quantitative estimate of drug-likeness (QED) is 0.728. The zero-order valence-corrected chi connectivity index (χ0v) is 10.1. The number of hydrogen-bond acceptors (Lipinski definition) is 5. The summed E-state index contributed by atoms with van der Waals surface area (Å²) in [6.45, 7) is 0. The van der Waals surface area contributed by atoms with Gasteiger partial charge in [0.15, 0.2) is 11.5 Å². The molecule has 1 heterocycles. The van der Waals surface area contributed by atoms with E-state index < -0.39 is 24.2 Å². The highest BCUT2D eigenvalue weighted by atomic mass is 19.3. The second-order valence-electron chi connectivity index (χ2n) is 4.10. The Labute approximate surface area is 111 Å². The minimum atomic E-state index is -3.73. The fraction of sp³-hybridized carbons (Fsp3) is 0.273. The fourth-order valence-electron chi connectivity index (χ4n) is 1.57. The standard InChI is InChI=1S/C11H11F2N3O4/c12-11(13)19-7-2-1-5(3-8(7)20-11)16-10(18)6(14)4-9(15)17/h1-3,6H,4,14H2,(H2,15,17)(H,16,18). The lowest BCUT2D eigenvalue weighted by atomic mass is 10.2. The van der Waals surface area contributed by atoms with Gasteiger partial charge in [0.05, 0.1) is 12.5 Å². The lowest BCUT2D eigenvalue weighted by Gasteiger charge is -2.10. The van der Waals surface area contributed by atoms with Gasteiger partial charge in [0.25, 0.3) is 0 Å². The summed E-state index contributed by atoms with van der Waals surface area (Å²) in [5, 5.41) is 2.35. The van der Waals surface area contributed by atoms with Crippen LogP contribution in [0.2, 0.25) is 0 Å². The Morgan fingerprint density at radius 2 is 1.95 bits per heavy atom. The summed E-state index contributed by atoms with van der Waals surface area (Å²) in [5.74, 6) is -1.75. The molecule has 7 nitrogen and oxygen atoms in total. The molecule has 1 aromatic carbocycles. The largest absolute Gasteiger partial charge is 0.586 e. The van der Waals surface area contributed by atoms with Gasteiger partial charge in [-0.15, -0.1) is 8.78 Å². The molecule has 1 atom stereocenters. The summed E-state index contributed by atoms with van der Waals surface area (Å²) in [7, 11) is 0. The van der Waals surface area contributed by atoms with Gasteiger partial charge in [0.1, 0.15) is 0 Å². The van der Waals surface area contributed by atoms with Crippen LogP contribution in [-0.4, -0.2) is 24.2 Å². The van der Waals surface area contributed by atoms with Crippen molar-refractivity contribution in [2.75, 3.05) is 5.32 Å². The van der Waals surface area contributed by atoms with Crippen LogP contribution in [0.4, 0.5) is 14.5 Å². The molecule has 0 aliphatic carbocycles. The Bertz CT molecular complexity index is 565. The third kappa shape index (κ3) is 3.12. The van der Waals surface area contributed by atoms with Gasteiger partial charge in [-0.3, -0.25) is 9.59 Å². The highest BCUT2D eigenvalue weighted by molar-refractivity contribution is 5.97. The first kappa shape index (κ1) is 14.0. The molecule has 1 aliphatic heterocycles. The van der Waals surface area contributed by atoms with E-state index in [1.54, 1.807) is 0 Å². The summed E-state index contributed by atoms with van der Waals surface area (Å²) >= 11 is 0. The third-order valence-electron chi connectivity index (χ3n) is 2.43. The van der Waals surface area contributed by atoms with Crippen molar-refractivity contribution in [3.8, 4) is 11.5 Å². The molecular formula is C11H11F2N3O4. The van der Waals surface area contributed by atoms with Crippen LogP contribution in [-0.2, 0) is 9.59 Å². The van der Waals surface area contributed by atoms with E-state index in [1.807, 2.05) is 0 Å². The molecule has 5 N–H and O–H groups in total. The maximum Gasteiger partial charge on any atom is 0.586 e. The van der Waals surface area contributed by atoms with Crippen molar-refractivity contribution in [2.24, 2.45) is 11.5 Å². The van der Waals surface area contributed by atoms with E-state index >= 15 is 0 Å². The van der Waals surface area contributed by atoms with Crippen LogP contribution in [0, 0.1) is 0 Å². The Hall–Kier alpha value is -2.42.